The van der Waals surface area contributed by atoms with Gasteiger partial charge in [-0.25, -0.2) is 4.79 Å². The second kappa shape index (κ2) is 7.27. The highest BCUT2D eigenvalue weighted by Crippen LogP contribution is 2.31. The first-order valence-corrected chi connectivity index (χ1v) is 8.47. The Labute approximate surface area is 151 Å². The van der Waals surface area contributed by atoms with Gasteiger partial charge in [-0.15, -0.1) is 0 Å². The second-order valence-electron chi connectivity index (χ2n) is 6.07. The molecule has 2 heterocycles. The molecule has 0 saturated carbocycles. The number of aromatic nitrogens is 1. The van der Waals surface area contributed by atoms with E-state index in [4.69, 9.17) is 9.57 Å². The summed E-state index contributed by atoms with van der Waals surface area (Å²) in [6, 6.07) is 21.3. The Kier molecular flexibility index (Phi) is 4.51. The number of aromatic amines is 1. The molecule has 0 aliphatic carbocycles. The number of carbonyl (C=O) groups excluding carboxylic acids is 1. The molecule has 1 aliphatic rings. The lowest BCUT2D eigenvalue weighted by molar-refractivity contribution is 0.0449. The first kappa shape index (κ1) is 16.1. The van der Waals surface area contributed by atoms with E-state index in [0.29, 0.717) is 12.1 Å². The SMILES string of the molecule is O=C(OCc1ccccc1)c1[nH]ccc1C1CC(c2ccccc2)=NO1. The van der Waals surface area contributed by atoms with Gasteiger partial charge in [0.1, 0.15) is 12.3 Å². The zero-order chi connectivity index (χ0) is 17.8. The minimum absolute atomic E-state index is 0.232. The molecule has 1 aliphatic heterocycles. The van der Waals surface area contributed by atoms with Crippen molar-refractivity contribution in [3.8, 4) is 0 Å². The number of benzene rings is 2. The van der Waals surface area contributed by atoms with Crippen LogP contribution in [0.4, 0.5) is 0 Å². The van der Waals surface area contributed by atoms with Gasteiger partial charge in [0.05, 0.1) is 5.71 Å². The summed E-state index contributed by atoms with van der Waals surface area (Å²) in [7, 11) is 0. The summed E-state index contributed by atoms with van der Waals surface area (Å²) in [6.07, 6.45) is 2.04. The van der Waals surface area contributed by atoms with E-state index in [0.717, 1.165) is 22.4 Å². The van der Waals surface area contributed by atoms with Crippen LogP contribution in [0.3, 0.4) is 0 Å². The zero-order valence-corrected chi connectivity index (χ0v) is 14.1. The molecule has 5 heteroatoms. The molecule has 1 N–H and O–H groups in total. The highest BCUT2D eigenvalue weighted by molar-refractivity contribution is 6.01. The van der Waals surface area contributed by atoms with E-state index in [-0.39, 0.29) is 12.7 Å². The van der Waals surface area contributed by atoms with Gasteiger partial charge >= 0.3 is 5.97 Å². The first-order chi connectivity index (χ1) is 12.8. The van der Waals surface area contributed by atoms with Crippen molar-refractivity contribution >= 4 is 11.7 Å². The van der Waals surface area contributed by atoms with E-state index in [9.17, 15) is 4.79 Å². The summed E-state index contributed by atoms with van der Waals surface area (Å²) in [6.45, 7) is 0.232. The van der Waals surface area contributed by atoms with Crippen LogP contribution in [0.25, 0.3) is 0 Å². The number of hydrogen-bond acceptors (Lipinski definition) is 4. The van der Waals surface area contributed by atoms with Crippen LogP contribution in [-0.4, -0.2) is 16.7 Å². The van der Waals surface area contributed by atoms with Crippen LogP contribution < -0.4 is 0 Å². The Morgan fingerprint density at radius 2 is 1.81 bits per heavy atom. The molecular weight excluding hydrogens is 328 g/mol. The molecule has 0 fully saturated rings. The fourth-order valence-electron chi connectivity index (χ4n) is 2.97. The number of nitrogens with zero attached hydrogens (tertiary/aromatic N) is 1. The van der Waals surface area contributed by atoms with Crippen molar-refractivity contribution in [3.63, 3.8) is 0 Å². The van der Waals surface area contributed by atoms with Crippen molar-refractivity contribution in [3.05, 3.63) is 95.3 Å². The van der Waals surface area contributed by atoms with Crippen LogP contribution in [0.15, 0.2) is 78.1 Å². The second-order valence-corrected chi connectivity index (χ2v) is 6.07. The van der Waals surface area contributed by atoms with Crippen molar-refractivity contribution in [2.24, 2.45) is 5.16 Å². The van der Waals surface area contributed by atoms with Gasteiger partial charge in [0.15, 0.2) is 6.10 Å². The van der Waals surface area contributed by atoms with Gasteiger partial charge in [-0.05, 0) is 17.2 Å². The molecule has 0 radical (unpaired) electrons. The molecule has 0 bridgehead atoms. The molecule has 5 nitrogen and oxygen atoms in total. The third-order valence-electron chi connectivity index (χ3n) is 4.32. The summed E-state index contributed by atoms with van der Waals surface area (Å²) in [5.74, 6) is -0.398. The Morgan fingerprint density at radius 1 is 1.08 bits per heavy atom. The smallest absolute Gasteiger partial charge is 0.355 e. The van der Waals surface area contributed by atoms with Crippen LogP contribution >= 0.6 is 0 Å². The summed E-state index contributed by atoms with van der Waals surface area (Å²) in [4.78, 5) is 21.0. The molecule has 4 rings (SSSR count). The van der Waals surface area contributed by atoms with Gasteiger partial charge in [-0.3, -0.25) is 0 Å². The zero-order valence-electron chi connectivity index (χ0n) is 14.1. The Morgan fingerprint density at radius 3 is 2.58 bits per heavy atom. The molecule has 0 amide bonds. The number of hydrogen-bond donors (Lipinski definition) is 1. The number of rotatable bonds is 5. The molecular formula is C21H18N2O3. The fourth-order valence-corrected chi connectivity index (χ4v) is 2.97. The average Bonchev–Trinajstić information content (AvgIpc) is 3.37. The monoisotopic (exact) mass is 346 g/mol. The number of oxime groups is 1. The van der Waals surface area contributed by atoms with E-state index >= 15 is 0 Å². The molecule has 2 aromatic carbocycles. The minimum Gasteiger partial charge on any atom is -0.456 e. The lowest BCUT2D eigenvalue weighted by atomic mass is 10.0. The van der Waals surface area contributed by atoms with E-state index in [2.05, 4.69) is 10.1 Å². The van der Waals surface area contributed by atoms with Gasteiger partial charge < -0.3 is 14.6 Å². The number of carbonyl (C=O) groups is 1. The molecule has 1 unspecified atom stereocenters. The lowest BCUT2D eigenvalue weighted by Crippen LogP contribution is -2.11. The lowest BCUT2D eigenvalue weighted by Gasteiger charge is -2.10. The summed E-state index contributed by atoms with van der Waals surface area (Å²) in [5.41, 5.74) is 4.02. The molecule has 1 aromatic heterocycles. The summed E-state index contributed by atoms with van der Waals surface area (Å²) >= 11 is 0. The van der Waals surface area contributed by atoms with E-state index in [1.807, 2.05) is 66.7 Å². The maximum absolute atomic E-state index is 12.5. The maximum Gasteiger partial charge on any atom is 0.355 e. The van der Waals surface area contributed by atoms with E-state index in [1.54, 1.807) is 6.20 Å². The van der Waals surface area contributed by atoms with Crippen molar-refractivity contribution in [1.82, 2.24) is 4.98 Å². The highest BCUT2D eigenvalue weighted by Gasteiger charge is 2.29. The fraction of sp³-hybridized carbons (Fsp3) is 0.143. The molecule has 26 heavy (non-hydrogen) atoms. The van der Waals surface area contributed by atoms with Crippen LogP contribution in [0, 0.1) is 0 Å². The van der Waals surface area contributed by atoms with Crippen LogP contribution in [0.2, 0.25) is 0 Å². The Balaban J connectivity index is 1.43. The van der Waals surface area contributed by atoms with Gasteiger partial charge in [0.25, 0.3) is 0 Å². The topological polar surface area (TPSA) is 63.7 Å². The van der Waals surface area contributed by atoms with Gasteiger partial charge in [0, 0.05) is 18.2 Å². The molecule has 130 valence electrons. The van der Waals surface area contributed by atoms with Crippen LogP contribution in [0.1, 0.15) is 39.7 Å². The standard InChI is InChI=1S/C21H18N2O3/c24-21(25-14-15-7-3-1-4-8-15)20-17(11-12-22-20)19-13-18(23-26-19)16-9-5-2-6-10-16/h1-12,19,22H,13-14H2. The number of esters is 1. The molecule has 0 spiro atoms. The average molecular weight is 346 g/mol. The van der Waals surface area contributed by atoms with Crippen LogP contribution in [-0.2, 0) is 16.2 Å². The quantitative estimate of drug-likeness (QED) is 0.703. The van der Waals surface area contributed by atoms with Gasteiger partial charge in [-0.2, -0.15) is 0 Å². The van der Waals surface area contributed by atoms with Gasteiger partial charge in [-0.1, -0.05) is 65.8 Å². The third kappa shape index (κ3) is 3.37. The Hall–Kier alpha value is -3.34. The maximum atomic E-state index is 12.5. The molecule has 0 saturated heterocycles. The molecule has 3 aromatic rings. The van der Waals surface area contributed by atoms with Crippen molar-refractivity contribution in [1.29, 1.82) is 0 Å². The van der Waals surface area contributed by atoms with Gasteiger partial charge in [0.2, 0.25) is 0 Å². The number of ether oxygens (including phenoxy) is 1. The third-order valence-corrected chi connectivity index (χ3v) is 4.32. The predicted molar refractivity (Wildman–Crippen MR) is 97.8 cm³/mol. The predicted octanol–water partition coefficient (Wildman–Crippen LogP) is 4.24. The number of H-pyrrole nitrogens is 1. The largest absolute Gasteiger partial charge is 0.456 e. The number of nitrogens with one attached hydrogen (secondary N) is 1. The van der Waals surface area contributed by atoms with Crippen molar-refractivity contribution in [2.45, 2.75) is 19.1 Å². The van der Waals surface area contributed by atoms with Crippen LogP contribution in [0.5, 0.6) is 0 Å². The van der Waals surface area contributed by atoms with E-state index < -0.39 is 5.97 Å². The van der Waals surface area contributed by atoms with E-state index in [1.165, 1.54) is 0 Å². The summed E-state index contributed by atoms with van der Waals surface area (Å²) < 4.78 is 5.42. The summed E-state index contributed by atoms with van der Waals surface area (Å²) in [5, 5.41) is 4.19. The molecule has 1 atom stereocenters. The highest BCUT2D eigenvalue weighted by atomic mass is 16.6. The van der Waals surface area contributed by atoms with Crippen molar-refractivity contribution < 1.29 is 14.4 Å². The first-order valence-electron chi connectivity index (χ1n) is 8.47. The normalized spacial score (nSPS) is 16.0. The Bertz CT molecular complexity index is 917. The van der Waals surface area contributed by atoms with Crippen molar-refractivity contribution in [2.75, 3.05) is 0 Å². The minimum atomic E-state index is -0.398.